The highest BCUT2D eigenvalue weighted by Gasteiger charge is 2.49. The number of nitrogens with one attached hydrogen (secondary N) is 1. The number of nitrogens with two attached hydrogens (primary N) is 1. The highest BCUT2D eigenvalue weighted by atomic mass is 35.5. The van der Waals surface area contributed by atoms with E-state index in [1.807, 2.05) is 0 Å². The highest BCUT2D eigenvalue weighted by molar-refractivity contribution is 7.86. The van der Waals surface area contributed by atoms with Gasteiger partial charge < -0.3 is 16.0 Å². The van der Waals surface area contributed by atoms with Crippen molar-refractivity contribution in [2.45, 2.75) is 69.1 Å². The maximum Gasteiger partial charge on any atom is 0.282 e. The molecule has 4 aliphatic rings. The third-order valence-corrected chi connectivity index (χ3v) is 10.0. The number of fused-ring (bicyclic) bond motifs is 3. The zero-order valence-corrected chi connectivity index (χ0v) is 20.2. The average molecular weight is 496 g/mol. The Labute approximate surface area is 199 Å². The van der Waals surface area contributed by atoms with Crippen molar-refractivity contribution in [3.63, 3.8) is 0 Å². The number of benzene rings is 1. The van der Waals surface area contributed by atoms with Gasteiger partial charge in [-0.3, -0.25) is 9.59 Å². The zero-order chi connectivity index (χ0) is 23.5. The second-order valence-electron chi connectivity index (χ2n) is 9.69. The lowest BCUT2D eigenvalue weighted by Gasteiger charge is -2.41. The summed E-state index contributed by atoms with van der Waals surface area (Å²) in [4.78, 5) is 26.6. The molecule has 4 heterocycles. The average Bonchev–Trinajstić information content (AvgIpc) is 3.21. The summed E-state index contributed by atoms with van der Waals surface area (Å²) in [6, 6.07) is 3.08. The number of carbonyl (C=O) groups excluding carboxylic acids is 2. The predicted molar refractivity (Wildman–Crippen MR) is 125 cm³/mol. The van der Waals surface area contributed by atoms with E-state index in [9.17, 15) is 18.0 Å². The normalized spacial score (nSPS) is 28.9. The molecule has 2 bridgehead atoms. The van der Waals surface area contributed by atoms with Crippen LogP contribution in [0.5, 0.6) is 0 Å². The molecule has 0 aromatic heterocycles. The van der Waals surface area contributed by atoms with Crippen LogP contribution in [0.2, 0.25) is 5.02 Å². The lowest BCUT2D eigenvalue weighted by atomic mass is 9.99. The van der Waals surface area contributed by atoms with E-state index >= 15 is 0 Å². The standard InChI is InChI=1S/C22H30ClN5O4S/c1-26-20-12-19(23)18(8-13(20)9-21(26)29)22(30)25-15-10-16-2-3-17(11-15)28(16)33(31,32)27-6-4-14(24)5-7-27/h8,12,14-17H,2-7,9-11,24H2,1H3,(H,25,30)/t15-,16-,17+. The van der Waals surface area contributed by atoms with E-state index in [0.29, 0.717) is 49.4 Å². The number of nitrogens with zero attached hydrogens (tertiary/aromatic N) is 3. The molecule has 0 spiro atoms. The molecule has 0 unspecified atom stereocenters. The van der Waals surface area contributed by atoms with Crippen molar-refractivity contribution >= 4 is 39.3 Å². The minimum atomic E-state index is -3.53. The number of anilines is 1. The van der Waals surface area contributed by atoms with Crippen LogP contribution in [0.1, 0.15) is 54.4 Å². The molecule has 1 aromatic carbocycles. The Kier molecular flexibility index (Phi) is 5.93. The van der Waals surface area contributed by atoms with Crippen molar-refractivity contribution in [1.82, 2.24) is 13.9 Å². The van der Waals surface area contributed by atoms with Crippen molar-refractivity contribution in [3.05, 3.63) is 28.3 Å². The molecular formula is C22H30ClN5O4S. The minimum absolute atomic E-state index is 0.0283. The van der Waals surface area contributed by atoms with Crippen LogP contribution in [0.15, 0.2) is 12.1 Å². The molecule has 3 fully saturated rings. The molecule has 2 amide bonds. The fourth-order valence-electron chi connectivity index (χ4n) is 5.78. The van der Waals surface area contributed by atoms with E-state index < -0.39 is 10.2 Å². The first-order valence-corrected chi connectivity index (χ1v) is 13.4. The van der Waals surface area contributed by atoms with Gasteiger partial charge in [-0.2, -0.15) is 17.0 Å². The quantitative estimate of drug-likeness (QED) is 0.652. The summed E-state index contributed by atoms with van der Waals surface area (Å²) in [6.45, 7) is 0.933. The number of rotatable bonds is 4. The molecular weight excluding hydrogens is 466 g/mol. The first-order valence-electron chi connectivity index (χ1n) is 11.6. The number of likely N-dealkylation sites (N-methyl/N-ethyl adjacent to an activating group) is 1. The number of piperidine rings is 2. The molecule has 3 N–H and O–H groups in total. The lowest BCUT2D eigenvalue weighted by Crippen LogP contribution is -2.57. The fraction of sp³-hybridized carbons (Fsp3) is 0.636. The van der Waals surface area contributed by atoms with Crippen molar-refractivity contribution in [2.75, 3.05) is 25.0 Å². The van der Waals surface area contributed by atoms with E-state index in [-0.39, 0.29) is 42.4 Å². The predicted octanol–water partition coefficient (Wildman–Crippen LogP) is 1.25. The summed E-state index contributed by atoms with van der Waals surface area (Å²) in [5, 5.41) is 3.38. The van der Waals surface area contributed by atoms with Crippen LogP contribution < -0.4 is 16.0 Å². The van der Waals surface area contributed by atoms with Crippen LogP contribution in [0.4, 0.5) is 5.69 Å². The van der Waals surface area contributed by atoms with E-state index in [1.165, 1.54) is 0 Å². The van der Waals surface area contributed by atoms with Gasteiger partial charge in [0.2, 0.25) is 5.91 Å². The van der Waals surface area contributed by atoms with Gasteiger partial charge in [-0.25, -0.2) is 0 Å². The Hall–Kier alpha value is -1.72. The minimum Gasteiger partial charge on any atom is -0.349 e. The second kappa shape index (κ2) is 8.49. The van der Waals surface area contributed by atoms with Gasteiger partial charge in [-0.05, 0) is 56.2 Å². The van der Waals surface area contributed by atoms with Gasteiger partial charge in [0.15, 0.2) is 0 Å². The largest absolute Gasteiger partial charge is 0.349 e. The smallest absolute Gasteiger partial charge is 0.282 e. The molecule has 5 rings (SSSR count). The van der Waals surface area contributed by atoms with Crippen molar-refractivity contribution in [3.8, 4) is 0 Å². The monoisotopic (exact) mass is 495 g/mol. The van der Waals surface area contributed by atoms with E-state index in [1.54, 1.807) is 32.7 Å². The Bertz CT molecular complexity index is 1070. The maximum atomic E-state index is 13.3. The number of halogens is 1. The van der Waals surface area contributed by atoms with Crippen LogP contribution in [-0.4, -0.2) is 73.1 Å². The number of hydrogen-bond acceptors (Lipinski definition) is 5. The number of amides is 2. The Balaban J connectivity index is 1.27. The number of carbonyl (C=O) groups is 2. The molecule has 9 nitrogen and oxygen atoms in total. The van der Waals surface area contributed by atoms with E-state index in [0.717, 1.165) is 24.1 Å². The molecule has 180 valence electrons. The third kappa shape index (κ3) is 4.05. The summed E-state index contributed by atoms with van der Waals surface area (Å²) < 4.78 is 29.9. The molecule has 3 saturated heterocycles. The van der Waals surface area contributed by atoms with E-state index in [2.05, 4.69) is 5.32 Å². The topological polar surface area (TPSA) is 116 Å². The number of hydrogen-bond donors (Lipinski definition) is 2. The van der Waals surface area contributed by atoms with Gasteiger partial charge in [-0.1, -0.05) is 11.6 Å². The summed E-state index contributed by atoms with van der Waals surface area (Å²) in [6.07, 6.45) is 4.39. The Morgan fingerprint density at radius 2 is 1.76 bits per heavy atom. The summed E-state index contributed by atoms with van der Waals surface area (Å²) in [7, 11) is -1.84. The van der Waals surface area contributed by atoms with Gasteiger partial charge in [0, 0.05) is 50.0 Å². The molecule has 11 heteroatoms. The molecule has 0 saturated carbocycles. The van der Waals surface area contributed by atoms with Crippen LogP contribution >= 0.6 is 11.6 Å². The molecule has 1 aromatic rings. The summed E-state index contributed by atoms with van der Waals surface area (Å²) in [5.74, 6) is -0.310. The Morgan fingerprint density at radius 3 is 2.39 bits per heavy atom. The van der Waals surface area contributed by atoms with Gasteiger partial charge in [0.25, 0.3) is 16.1 Å². The second-order valence-corrected chi connectivity index (χ2v) is 11.9. The van der Waals surface area contributed by atoms with Crippen molar-refractivity contribution < 1.29 is 18.0 Å². The first-order chi connectivity index (χ1) is 15.6. The highest BCUT2D eigenvalue weighted by Crippen LogP contribution is 2.39. The van der Waals surface area contributed by atoms with Crippen LogP contribution in [-0.2, 0) is 21.4 Å². The van der Waals surface area contributed by atoms with Gasteiger partial charge in [-0.15, -0.1) is 0 Å². The summed E-state index contributed by atoms with van der Waals surface area (Å²) in [5.41, 5.74) is 7.83. The zero-order valence-electron chi connectivity index (χ0n) is 18.7. The molecule has 4 aliphatic heterocycles. The van der Waals surface area contributed by atoms with Gasteiger partial charge in [0.05, 0.1) is 17.0 Å². The molecule has 3 atom stereocenters. The third-order valence-electron chi connectivity index (χ3n) is 7.58. The Morgan fingerprint density at radius 1 is 1.12 bits per heavy atom. The molecule has 33 heavy (non-hydrogen) atoms. The lowest BCUT2D eigenvalue weighted by molar-refractivity contribution is -0.117. The van der Waals surface area contributed by atoms with E-state index in [4.69, 9.17) is 17.3 Å². The van der Waals surface area contributed by atoms with Crippen LogP contribution in [0.25, 0.3) is 0 Å². The van der Waals surface area contributed by atoms with Crippen molar-refractivity contribution in [2.24, 2.45) is 5.73 Å². The summed E-state index contributed by atoms with van der Waals surface area (Å²) >= 11 is 6.38. The molecule has 0 aliphatic carbocycles. The molecule has 0 radical (unpaired) electrons. The fourth-order valence-corrected chi connectivity index (χ4v) is 8.10. The van der Waals surface area contributed by atoms with Gasteiger partial charge >= 0.3 is 0 Å². The van der Waals surface area contributed by atoms with Gasteiger partial charge in [0.1, 0.15) is 0 Å². The first kappa shape index (κ1) is 23.0. The van der Waals surface area contributed by atoms with Crippen molar-refractivity contribution in [1.29, 1.82) is 0 Å². The maximum absolute atomic E-state index is 13.3. The van der Waals surface area contributed by atoms with Crippen LogP contribution in [0, 0.1) is 0 Å². The SMILES string of the molecule is CN1C(=O)Cc2cc(C(=O)N[C@@H]3C[C@H]4CC[C@@H](C3)N4S(=O)(=O)N3CCC(N)CC3)c(Cl)cc21. The van der Waals surface area contributed by atoms with Crippen LogP contribution in [0.3, 0.4) is 0 Å².